The van der Waals surface area contributed by atoms with Crippen molar-refractivity contribution in [2.75, 3.05) is 13.1 Å². The lowest BCUT2D eigenvalue weighted by Crippen LogP contribution is -2.50. The highest BCUT2D eigenvalue weighted by molar-refractivity contribution is 5.72. The Labute approximate surface area is 102 Å². The minimum absolute atomic E-state index is 0.0163. The van der Waals surface area contributed by atoms with Gasteiger partial charge < -0.3 is 16.4 Å². The summed E-state index contributed by atoms with van der Waals surface area (Å²) >= 11 is 0. The third kappa shape index (κ3) is 2.77. The first-order chi connectivity index (χ1) is 8.06. The van der Waals surface area contributed by atoms with Crippen LogP contribution in [-0.4, -0.2) is 30.1 Å². The summed E-state index contributed by atoms with van der Waals surface area (Å²) in [5.41, 5.74) is 13.8. The van der Waals surface area contributed by atoms with Crippen LogP contribution in [0.5, 0.6) is 0 Å². The molecule has 1 aliphatic heterocycles. The monoisotopic (exact) mass is 233 g/mol. The maximum absolute atomic E-state index is 11.2. The van der Waals surface area contributed by atoms with E-state index in [1.807, 2.05) is 0 Å². The van der Waals surface area contributed by atoms with Crippen LogP contribution in [0, 0.1) is 6.92 Å². The standard InChI is InChI=1S/C13H19N3O/c1-9-2-4-10(5-3-9)11-6-12(14)8-16(7-11)13(15)17/h2-5,11-12H,6-8,14H2,1H3,(H2,15,17). The number of carbonyl (C=O) groups excluding carboxylic acids is 1. The van der Waals surface area contributed by atoms with Gasteiger partial charge >= 0.3 is 6.03 Å². The average Bonchev–Trinajstić information content (AvgIpc) is 2.29. The first-order valence-electron chi connectivity index (χ1n) is 5.93. The molecule has 0 aliphatic carbocycles. The lowest BCUT2D eigenvalue weighted by molar-refractivity contribution is 0.180. The molecule has 2 rings (SSSR count). The summed E-state index contributed by atoms with van der Waals surface area (Å²) in [6, 6.07) is 8.03. The number of nitrogens with zero attached hydrogens (tertiary/aromatic N) is 1. The number of hydrogen-bond acceptors (Lipinski definition) is 2. The lowest BCUT2D eigenvalue weighted by Gasteiger charge is -2.35. The van der Waals surface area contributed by atoms with Crippen molar-refractivity contribution < 1.29 is 4.79 Å². The molecule has 4 nitrogen and oxygen atoms in total. The molecule has 1 saturated heterocycles. The van der Waals surface area contributed by atoms with E-state index in [2.05, 4.69) is 31.2 Å². The molecule has 1 aromatic rings. The summed E-state index contributed by atoms with van der Waals surface area (Å²) < 4.78 is 0. The molecule has 0 radical (unpaired) electrons. The fourth-order valence-corrected chi connectivity index (χ4v) is 2.40. The first-order valence-corrected chi connectivity index (χ1v) is 5.93. The van der Waals surface area contributed by atoms with Crippen molar-refractivity contribution in [3.63, 3.8) is 0 Å². The summed E-state index contributed by atoms with van der Waals surface area (Å²) in [4.78, 5) is 12.9. The van der Waals surface area contributed by atoms with E-state index in [0.717, 1.165) is 6.42 Å². The average molecular weight is 233 g/mol. The number of hydrogen-bond donors (Lipinski definition) is 2. The van der Waals surface area contributed by atoms with E-state index in [-0.39, 0.29) is 12.1 Å². The molecule has 4 heteroatoms. The first kappa shape index (κ1) is 11.9. The van der Waals surface area contributed by atoms with Crippen molar-refractivity contribution in [3.8, 4) is 0 Å². The van der Waals surface area contributed by atoms with E-state index in [9.17, 15) is 4.79 Å². The van der Waals surface area contributed by atoms with Crippen LogP contribution in [0.3, 0.4) is 0 Å². The van der Waals surface area contributed by atoms with Crippen molar-refractivity contribution in [2.45, 2.75) is 25.3 Å². The zero-order valence-corrected chi connectivity index (χ0v) is 10.1. The second-order valence-corrected chi connectivity index (χ2v) is 4.85. The van der Waals surface area contributed by atoms with Gasteiger partial charge in [0.25, 0.3) is 0 Å². The van der Waals surface area contributed by atoms with Gasteiger partial charge in [-0.1, -0.05) is 29.8 Å². The van der Waals surface area contributed by atoms with Crippen LogP contribution in [0.25, 0.3) is 0 Å². The highest BCUT2D eigenvalue weighted by atomic mass is 16.2. The van der Waals surface area contributed by atoms with Crippen molar-refractivity contribution in [3.05, 3.63) is 35.4 Å². The molecule has 1 fully saturated rings. The van der Waals surface area contributed by atoms with Crippen LogP contribution in [0.15, 0.2) is 24.3 Å². The molecular weight excluding hydrogens is 214 g/mol. The van der Waals surface area contributed by atoms with Gasteiger partial charge in [-0.3, -0.25) is 0 Å². The number of aryl methyl sites for hydroxylation is 1. The summed E-state index contributed by atoms with van der Waals surface area (Å²) in [5, 5.41) is 0. The second-order valence-electron chi connectivity index (χ2n) is 4.85. The fourth-order valence-electron chi connectivity index (χ4n) is 2.40. The van der Waals surface area contributed by atoms with Gasteiger partial charge in [0, 0.05) is 25.0 Å². The molecule has 1 heterocycles. The van der Waals surface area contributed by atoms with Crippen molar-refractivity contribution in [1.82, 2.24) is 4.90 Å². The highest BCUT2D eigenvalue weighted by Crippen LogP contribution is 2.26. The second kappa shape index (κ2) is 4.75. The summed E-state index contributed by atoms with van der Waals surface area (Å²) in [6.07, 6.45) is 0.910. The van der Waals surface area contributed by atoms with Crippen LogP contribution in [-0.2, 0) is 0 Å². The third-order valence-electron chi connectivity index (χ3n) is 3.34. The topological polar surface area (TPSA) is 72.3 Å². The molecule has 2 atom stereocenters. The molecular formula is C13H19N3O. The minimum Gasteiger partial charge on any atom is -0.351 e. The molecule has 2 unspecified atom stereocenters. The molecule has 92 valence electrons. The van der Waals surface area contributed by atoms with Crippen LogP contribution >= 0.6 is 0 Å². The van der Waals surface area contributed by atoms with Crippen molar-refractivity contribution in [2.24, 2.45) is 11.5 Å². The van der Waals surface area contributed by atoms with Crippen LogP contribution < -0.4 is 11.5 Å². The molecule has 0 bridgehead atoms. The number of nitrogens with two attached hydrogens (primary N) is 2. The zero-order valence-electron chi connectivity index (χ0n) is 10.1. The Morgan fingerprint density at radius 2 is 1.94 bits per heavy atom. The van der Waals surface area contributed by atoms with E-state index < -0.39 is 0 Å². The number of rotatable bonds is 1. The molecule has 2 amide bonds. The van der Waals surface area contributed by atoms with Gasteiger partial charge in [-0.05, 0) is 18.9 Å². The maximum atomic E-state index is 11.2. The van der Waals surface area contributed by atoms with Gasteiger partial charge in [0.2, 0.25) is 0 Å². The molecule has 1 aliphatic rings. The van der Waals surface area contributed by atoms with Crippen LogP contribution in [0.1, 0.15) is 23.5 Å². The van der Waals surface area contributed by atoms with Gasteiger partial charge in [0.15, 0.2) is 0 Å². The maximum Gasteiger partial charge on any atom is 0.314 e. The predicted molar refractivity (Wildman–Crippen MR) is 67.7 cm³/mol. The number of urea groups is 1. The van der Waals surface area contributed by atoms with E-state index in [1.54, 1.807) is 4.90 Å². The smallest absolute Gasteiger partial charge is 0.314 e. The summed E-state index contributed by atoms with van der Waals surface area (Å²) in [6.45, 7) is 3.30. The van der Waals surface area contributed by atoms with Gasteiger partial charge in [-0.2, -0.15) is 0 Å². The van der Waals surface area contributed by atoms with Crippen LogP contribution in [0.4, 0.5) is 4.79 Å². The molecule has 4 N–H and O–H groups in total. The van der Waals surface area contributed by atoms with Gasteiger partial charge in [-0.15, -0.1) is 0 Å². The number of carbonyl (C=O) groups is 1. The Bertz CT molecular complexity index is 402. The Morgan fingerprint density at radius 1 is 1.29 bits per heavy atom. The number of primary amides is 1. The number of amides is 2. The number of piperidine rings is 1. The normalized spacial score (nSPS) is 24.7. The van der Waals surface area contributed by atoms with E-state index >= 15 is 0 Å². The molecule has 0 saturated carbocycles. The molecule has 1 aromatic carbocycles. The third-order valence-corrected chi connectivity index (χ3v) is 3.34. The quantitative estimate of drug-likeness (QED) is 0.764. The fraction of sp³-hybridized carbons (Fsp3) is 0.462. The SMILES string of the molecule is Cc1ccc(C2CC(N)CN(C(N)=O)C2)cc1. The van der Waals surface area contributed by atoms with Gasteiger partial charge in [0.05, 0.1) is 0 Å². The largest absolute Gasteiger partial charge is 0.351 e. The van der Waals surface area contributed by atoms with E-state index in [0.29, 0.717) is 19.0 Å². The Balaban J connectivity index is 2.15. The predicted octanol–water partition coefficient (Wildman–Crippen LogP) is 1.19. The molecule has 17 heavy (non-hydrogen) atoms. The van der Waals surface area contributed by atoms with Crippen LogP contribution in [0.2, 0.25) is 0 Å². The lowest BCUT2D eigenvalue weighted by atomic mass is 9.88. The Hall–Kier alpha value is -1.55. The Kier molecular flexibility index (Phi) is 3.33. The highest BCUT2D eigenvalue weighted by Gasteiger charge is 2.27. The number of likely N-dealkylation sites (tertiary alicyclic amines) is 1. The molecule has 0 aromatic heterocycles. The summed E-state index contributed by atoms with van der Waals surface area (Å²) in [5.74, 6) is 0.298. The van der Waals surface area contributed by atoms with Gasteiger partial charge in [-0.25, -0.2) is 4.79 Å². The molecule has 0 spiro atoms. The van der Waals surface area contributed by atoms with E-state index in [4.69, 9.17) is 11.5 Å². The van der Waals surface area contributed by atoms with Gasteiger partial charge in [0.1, 0.15) is 0 Å². The van der Waals surface area contributed by atoms with Crippen molar-refractivity contribution in [1.29, 1.82) is 0 Å². The minimum atomic E-state index is -0.378. The number of benzene rings is 1. The van der Waals surface area contributed by atoms with E-state index in [1.165, 1.54) is 11.1 Å². The Morgan fingerprint density at radius 3 is 2.53 bits per heavy atom. The zero-order chi connectivity index (χ0) is 12.4. The summed E-state index contributed by atoms with van der Waals surface area (Å²) in [7, 11) is 0. The van der Waals surface area contributed by atoms with Crippen molar-refractivity contribution >= 4 is 6.03 Å².